The SMILES string of the molecule is O=C(Cc1ccc(C(F)(F)F)cc1)NCCN1C(=O)S/C(=C\c2ccccc2F)C1=O. The third-order valence-electron chi connectivity index (χ3n) is 4.37. The summed E-state index contributed by atoms with van der Waals surface area (Å²) in [6.45, 7) is -0.109. The van der Waals surface area contributed by atoms with Crippen LogP contribution in [-0.4, -0.2) is 35.0 Å². The number of hydrogen-bond acceptors (Lipinski definition) is 4. The molecular formula is C21H16F4N2O3S. The van der Waals surface area contributed by atoms with Crippen molar-refractivity contribution < 1.29 is 31.9 Å². The summed E-state index contributed by atoms with van der Waals surface area (Å²) >= 11 is 0.677. The summed E-state index contributed by atoms with van der Waals surface area (Å²) in [6, 6.07) is 10.0. The van der Waals surface area contributed by atoms with E-state index in [2.05, 4.69) is 5.32 Å². The zero-order valence-corrected chi connectivity index (χ0v) is 16.7. The normalized spacial score (nSPS) is 15.6. The van der Waals surface area contributed by atoms with E-state index in [9.17, 15) is 31.9 Å². The zero-order valence-electron chi connectivity index (χ0n) is 15.9. The topological polar surface area (TPSA) is 66.5 Å². The summed E-state index contributed by atoms with van der Waals surface area (Å²) in [5.41, 5.74) is -0.234. The molecule has 162 valence electrons. The third-order valence-corrected chi connectivity index (χ3v) is 5.28. The molecular weight excluding hydrogens is 436 g/mol. The summed E-state index contributed by atoms with van der Waals surface area (Å²) in [4.78, 5) is 37.5. The largest absolute Gasteiger partial charge is 0.416 e. The van der Waals surface area contributed by atoms with Gasteiger partial charge in [-0.25, -0.2) is 4.39 Å². The zero-order chi connectivity index (χ0) is 22.6. The Bertz CT molecular complexity index is 1040. The maximum Gasteiger partial charge on any atom is 0.416 e. The van der Waals surface area contributed by atoms with Gasteiger partial charge in [0.2, 0.25) is 5.91 Å². The number of imide groups is 1. The molecule has 0 radical (unpaired) electrons. The van der Waals surface area contributed by atoms with E-state index in [0.29, 0.717) is 17.3 Å². The average Bonchev–Trinajstić information content (AvgIpc) is 2.97. The molecule has 3 rings (SSSR count). The Morgan fingerprint density at radius 3 is 2.39 bits per heavy atom. The van der Waals surface area contributed by atoms with Crippen molar-refractivity contribution >= 4 is 34.9 Å². The number of hydrogen-bond donors (Lipinski definition) is 1. The number of thioether (sulfide) groups is 1. The molecule has 0 unspecified atom stereocenters. The predicted molar refractivity (Wildman–Crippen MR) is 107 cm³/mol. The lowest BCUT2D eigenvalue weighted by atomic mass is 10.1. The van der Waals surface area contributed by atoms with E-state index in [0.717, 1.165) is 17.0 Å². The number of alkyl halides is 3. The van der Waals surface area contributed by atoms with Crippen molar-refractivity contribution in [2.45, 2.75) is 12.6 Å². The highest BCUT2D eigenvalue weighted by Gasteiger charge is 2.35. The third kappa shape index (κ3) is 5.72. The Kier molecular flexibility index (Phi) is 6.79. The van der Waals surface area contributed by atoms with Crippen LogP contribution in [0.3, 0.4) is 0 Å². The van der Waals surface area contributed by atoms with E-state index >= 15 is 0 Å². The van der Waals surface area contributed by atoms with Crippen molar-refractivity contribution in [2.75, 3.05) is 13.1 Å². The number of rotatable bonds is 6. The number of nitrogens with zero attached hydrogens (tertiary/aromatic N) is 1. The molecule has 1 heterocycles. The van der Waals surface area contributed by atoms with Crippen molar-refractivity contribution in [3.8, 4) is 0 Å². The second-order valence-corrected chi connectivity index (χ2v) is 7.57. The quantitative estimate of drug-likeness (QED) is 0.526. The van der Waals surface area contributed by atoms with Gasteiger partial charge < -0.3 is 5.32 Å². The van der Waals surface area contributed by atoms with Crippen LogP contribution >= 0.6 is 11.8 Å². The highest BCUT2D eigenvalue weighted by Crippen LogP contribution is 2.32. The first-order valence-electron chi connectivity index (χ1n) is 9.08. The Hall–Kier alpha value is -3.14. The molecule has 0 atom stereocenters. The number of nitrogens with one attached hydrogen (secondary N) is 1. The fraction of sp³-hybridized carbons (Fsp3) is 0.190. The van der Waals surface area contributed by atoms with Gasteiger partial charge in [-0.2, -0.15) is 13.2 Å². The summed E-state index contributed by atoms with van der Waals surface area (Å²) in [7, 11) is 0. The molecule has 1 saturated heterocycles. The van der Waals surface area contributed by atoms with Crippen LogP contribution in [0.5, 0.6) is 0 Å². The summed E-state index contributed by atoms with van der Waals surface area (Å²) < 4.78 is 51.4. The highest BCUT2D eigenvalue weighted by molar-refractivity contribution is 8.18. The maximum atomic E-state index is 13.7. The lowest BCUT2D eigenvalue weighted by Crippen LogP contribution is -2.37. The smallest absolute Gasteiger partial charge is 0.354 e. The van der Waals surface area contributed by atoms with Crippen LogP contribution in [0.15, 0.2) is 53.4 Å². The van der Waals surface area contributed by atoms with Crippen LogP contribution in [0.1, 0.15) is 16.7 Å². The fourth-order valence-corrected chi connectivity index (χ4v) is 3.65. The van der Waals surface area contributed by atoms with Crippen LogP contribution in [0.25, 0.3) is 6.08 Å². The molecule has 5 nitrogen and oxygen atoms in total. The van der Waals surface area contributed by atoms with Crippen molar-refractivity contribution in [3.05, 3.63) is 75.9 Å². The molecule has 10 heteroatoms. The Morgan fingerprint density at radius 1 is 1.06 bits per heavy atom. The number of halogens is 4. The molecule has 0 aromatic heterocycles. The first-order valence-corrected chi connectivity index (χ1v) is 9.89. The molecule has 0 spiro atoms. The van der Waals surface area contributed by atoms with E-state index in [1.54, 1.807) is 6.07 Å². The van der Waals surface area contributed by atoms with E-state index in [1.165, 1.54) is 36.4 Å². The van der Waals surface area contributed by atoms with Gasteiger partial charge in [-0.15, -0.1) is 0 Å². The summed E-state index contributed by atoms with van der Waals surface area (Å²) in [5.74, 6) is -1.58. The molecule has 2 aromatic carbocycles. The molecule has 1 aliphatic rings. The van der Waals surface area contributed by atoms with E-state index in [-0.39, 0.29) is 30.0 Å². The average molecular weight is 452 g/mol. The monoisotopic (exact) mass is 452 g/mol. The van der Waals surface area contributed by atoms with Crippen LogP contribution in [0.4, 0.5) is 22.4 Å². The minimum atomic E-state index is -4.45. The minimum Gasteiger partial charge on any atom is -0.354 e. The van der Waals surface area contributed by atoms with E-state index in [4.69, 9.17) is 0 Å². The molecule has 1 N–H and O–H groups in total. The van der Waals surface area contributed by atoms with Crippen LogP contribution < -0.4 is 5.32 Å². The molecule has 3 amide bonds. The number of carbonyl (C=O) groups excluding carboxylic acids is 3. The van der Waals surface area contributed by atoms with Gasteiger partial charge in [-0.1, -0.05) is 30.3 Å². The van der Waals surface area contributed by atoms with E-state index < -0.39 is 34.6 Å². The summed E-state index contributed by atoms with van der Waals surface area (Å²) in [5, 5.41) is 1.98. The number of carbonyl (C=O) groups is 3. The fourth-order valence-electron chi connectivity index (χ4n) is 2.79. The molecule has 0 aliphatic carbocycles. The molecule has 1 fully saturated rings. The first kappa shape index (κ1) is 22.5. The highest BCUT2D eigenvalue weighted by atomic mass is 32.2. The van der Waals surface area contributed by atoms with Gasteiger partial charge in [-0.05, 0) is 41.6 Å². The summed E-state index contributed by atoms with van der Waals surface area (Å²) in [6.07, 6.45) is -3.30. The van der Waals surface area contributed by atoms with Crippen molar-refractivity contribution in [1.29, 1.82) is 0 Å². The van der Waals surface area contributed by atoms with Gasteiger partial charge in [0.25, 0.3) is 11.1 Å². The first-order chi connectivity index (χ1) is 14.6. The van der Waals surface area contributed by atoms with Crippen LogP contribution in [0, 0.1) is 5.82 Å². The molecule has 0 bridgehead atoms. The molecule has 1 aliphatic heterocycles. The second-order valence-electron chi connectivity index (χ2n) is 6.58. The van der Waals surface area contributed by atoms with Gasteiger partial charge in [-0.3, -0.25) is 19.3 Å². The Labute approximate surface area is 179 Å². The number of benzene rings is 2. The van der Waals surface area contributed by atoms with E-state index in [1.807, 2.05) is 0 Å². The molecule has 0 saturated carbocycles. The van der Waals surface area contributed by atoms with Gasteiger partial charge in [0.1, 0.15) is 5.82 Å². The Balaban J connectivity index is 1.52. The van der Waals surface area contributed by atoms with Gasteiger partial charge >= 0.3 is 6.18 Å². The predicted octanol–water partition coefficient (Wildman–Crippen LogP) is 4.24. The van der Waals surface area contributed by atoms with Crippen molar-refractivity contribution in [3.63, 3.8) is 0 Å². The van der Waals surface area contributed by atoms with Crippen LogP contribution in [-0.2, 0) is 22.2 Å². The van der Waals surface area contributed by atoms with Gasteiger partial charge in [0, 0.05) is 18.7 Å². The maximum absolute atomic E-state index is 13.7. The van der Waals surface area contributed by atoms with Crippen molar-refractivity contribution in [2.24, 2.45) is 0 Å². The minimum absolute atomic E-state index is 0.0233. The number of amides is 3. The molecule has 31 heavy (non-hydrogen) atoms. The van der Waals surface area contributed by atoms with Gasteiger partial charge in [0.15, 0.2) is 0 Å². The van der Waals surface area contributed by atoms with Crippen molar-refractivity contribution in [1.82, 2.24) is 10.2 Å². The molecule has 2 aromatic rings. The Morgan fingerprint density at radius 2 is 1.74 bits per heavy atom. The second kappa shape index (κ2) is 9.34. The lowest BCUT2D eigenvalue weighted by Gasteiger charge is -2.13. The van der Waals surface area contributed by atoms with Gasteiger partial charge in [0.05, 0.1) is 16.9 Å². The standard InChI is InChI=1S/C21H16F4N2O3S/c22-16-4-2-1-3-14(16)12-17-19(29)27(20(30)31-17)10-9-26-18(28)11-13-5-7-15(8-6-13)21(23,24)25/h1-8,12H,9-11H2,(H,26,28)/b17-12-. The van der Waals surface area contributed by atoms with Crippen LogP contribution in [0.2, 0.25) is 0 Å². The lowest BCUT2D eigenvalue weighted by molar-refractivity contribution is -0.137.